The molecule has 0 amide bonds. The van der Waals surface area contributed by atoms with Crippen molar-refractivity contribution in [3.05, 3.63) is 24.3 Å². The summed E-state index contributed by atoms with van der Waals surface area (Å²) in [5.74, 6) is 0.472. The zero-order valence-electron chi connectivity index (χ0n) is 15.7. The average Bonchev–Trinajstić information content (AvgIpc) is 2.50. The lowest BCUT2D eigenvalue weighted by Crippen LogP contribution is -2.30. The van der Waals surface area contributed by atoms with Crippen molar-refractivity contribution in [1.29, 1.82) is 0 Å². The summed E-state index contributed by atoms with van der Waals surface area (Å²) in [6.45, 7) is 5.79. The topological polar surface area (TPSA) is 96.0 Å². The van der Waals surface area contributed by atoms with Gasteiger partial charge in [0.25, 0.3) is 20.2 Å². The fourth-order valence-electron chi connectivity index (χ4n) is 2.07. The van der Waals surface area contributed by atoms with Gasteiger partial charge in [-0.15, -0.1) is 0 Å². The van der Waals surface area contributed by atoms with Gasteiger partial charge >= 0.3 is 0 Å². The first kappa shape index (κ1) is 22.9. The van der Waals surface area contributed by atoms with E-state index in [2.05, 4.69) is 0 Å². The molecule has 1 rings (SSSR count). The van der Waals surface area contributed by atoms with E-state index in [0.29, 0.717) is 18.6 Å². The Morgan fingerprint density at radius 1 is 0.923 bits per heavy atom. The van der Waals surface area contributed by atoms with Crippen LogP contribution in [0, 0.1) is 0 Å². The first-order valence-corrected chi connectivity index (χ1v) is 11.7. The molecule has 0 atom stereocenters. The van der Waals surface area contributed by atoms with Crippen molar-refractivity contribution >= 4 is 20.2 Å². The van der Waals surface area contributed by atoms with Crippen molar-refractivity contribution in [2.24, 2.45) is 0 Å². The summed E-state index contributed by atoms with van der Waals surface area (Å²) in [6, 6.07) is 5.93. The Morgan fingerprint density at radius 3 is 2.08 bits per heavy atom. The van der Waals surface area contributed by atoms with Crippen LogP contribution in [0.5, 0.6) is 5.75 Å². The number of benzene rings is 1. The zero-order chi connectivity index (χ0) is 19.8. The van der Waals surface area contributed by atoms with Gasteiger partial charge < -0.3 is 4.74 Å². The van der Waals surface area contributed by atoms with Crippen LogP contribution in [0.25, 0.3) is 0 Å². The molecular weight excluding hydrogens is 380 g/mol. The summed E-state index contributed by atoms with van der Waals surface area (Å²) in [4.78, 5) is 0.0690. The molecule has 0 aliphatic carbocycles. The van der Waals surface area contributed by atoms with E-state index < -0.39 is 25.8 Å². The van der Waals surface area contributed by atoms with Gasteiger partial charge in [0, 0.05) is 6.42 Å². The SMILES string of the molecule is CCCCCOS(=O)(=O)c1ccc(OC(C)(C)CCOS(C)(=O)=O)cc1. The summed E-state index contributed by atoms with van der Waals surface area (Å²) < 4.78 is 61.7. The maximum atomic E-state index is 12.1. The molecule has 0 aliphatic rings. The highest BCUT2D eigenvalue weighted by molar-refractivity contribution is 7.86. The summed E-state index contributed by atoms with van der Waals surface area (Å²) in [6.07, 6.45) is 3.94. The first-order valence-electron chi connectivity index (χ1n) is 8.48. The molecule has 0 unspecified atom stereocenters. The van der Waals surface area contributed by atoms with Crippen molar-refractivity contribution in [2.45, 2.75) is 57.0 Å². The smallest absolute Gasteiger partial charge is 0.296 e. The van der Waals surface area contributed by atoms with Crippen molar-refractivity contribution in [3.63, 3.8) is 0 Å². The van der Waals surface area contributed by atoms with E-state index in [9.17, 15) is 16.8 Å². The summed E-state index contributed by atoms with van der Waals surface area (Å²) in [7, 11) is -7.26. The maximum absolute atomic E-state index is 12.1. The van der Waals surface area contributed by atoms with Crippen LogP contribution in [0.3, 0.4) is 0 Å². The van der Waals surface area contributed by atoms with E-state index in [-0.39, 0.29) is 18.1 Å². The van der Waals surface area contributed by atoms with Gasteiger partial charge in [-0.3, -0.25) is 8.37 Å². The Morgan fingerprint density at radius 2 is 1.54 bits per heavy atom. The van der Waals surface area contributed by atoms with E-state index in [1.807, 2.05) is 6.92 Å². The molecule has 0 fully saturated rings. The summed E-state index contributed by atoms with van der Waals surface area (Å²) in [5, 5.41) is 0. The molecule has 150 valence electrons. The predicted octanol–water partition coefficient (Wildman–Crippen LogP) is 3.11. The highest BCUT2D eigenvalue weighted by Gasteiger charge is 2.21. The van der Waals surface area contributed by atoms with Crippen LogP contribution in [0.2, 0.25) is 0 Å². The Kier molecular flexibility index (Phi) is 8.52. The van der Waals surface area contributed by atoms with Gasteiger partial charge in [0.15, 0.2) is 0 Å². The normalized spacial score (nSPS) is 12.9. The highest BCUT2D eigenvalue weighted by atomic mass is 32.2. The number of hydrogen-bond donors (Lipinski definition) is 0. The molecule has 1 aromatic carbocycles. The van der Waals surface area contributed by atoms with Gasteiger partial charge in [-0.25, -0.2) is 0 Å². The molecule has 26 heavy (non-hydrogen) atoms. The van der Waals surface area contributed by atoms with Crippen LogP contribution in [-0.4, -0.2) is 41.9 Å². The molecule has 0 saturated heterocycles. The molecule has 7 nitrogen and oxygen atoms in total. The zero-order valence-corrected chi connectivity index (χ0v) is 17.4. The second kappa shape index (κ2) is 9.68. The summed E-state index contributed by atoms with van der Waals surface area (Å²) >= 11 is 0. The number of unbranched alkanes of at least 4 members (excludes halogenated alkanes) is 2. The third-order valence-corrected chi connectivity index (χ3v) is 5.42. The van der Waals surface area contributed by atoms with E-state index in [4.69, 9.17) is 13.1 Å². The lowest BCUT2D eigenvalue weighted by molar-refractivity contribution is 0.0824. The van der Waals surface area contributed by atoms with Crippen molar-refractivity contribution in [2.75, 3.05) is 19.5 Å². The monoisotopic (exact) mass is 408 g/mol. The lowest BCUT2D eigenvalue weighted by Gasteiger charge is -2.26. The molecule has 1 aromatic rings. The molecular formula is C17H28O7S2. The van der Waals surface area contributed by atoms with E-state index in [1.165, 1.54) is 12.1 Å². The van der Waals surface area contributed by atoms with Crippen molar-refractivity contribution < 1.29 is 29.9 Å². The van der Waals surface area contributed by atoms with Crippen LogP contribution in [0.1, 0.15) is 46.5 Å². The van der Waals surface area contributed by atoms with E-state index >= 15 is 0 Å². The fraction of sp³-hybridized carbons (Fsp3) is 0.647. The van der Waals surface area contributed by atoms with E-state index in [1.54, 1.807) is 26.0 Å². The lowest BCUT2D eigenvalue weighted by atomic mass is 10.1. The average molecular weight is 409 g/mol. The Balaban J connectivity index is 2.63. The third kappa shape index (κ3) is 8.98. The Bertz CT molecular complexity index is 751. The van der Waals surface area contributed by atoms with Gasteiger partial charge in [0.2, 0.25) is 0 Å². The van der Waals surface area contributed by atoms with Crippen molar-refractivity contribution in [1.82, 2.24) is 0 Å². The number of hydrogen-bond acceptors (Lipinski definition) is 7. The molecule has 0 N–H and O–H groups in total. The molecule has 0 radical (unpaired) electrons. The van der Waals surface area contributed by atoms with Gasteiger partial charge in [-0.2, -0.15) is 16.8 Å². The predicted molar refractivity (Wildman–Crippen MR) is 99.2 cm³/mol. The number of ether oxygens (including phenoxy) is 1. The Hall–Kier alpha value is -1.16. The molecule has 0 saturated carbocycles. The maximum Gasteiger partial charge on any atom is 0.296 e. The largest absolute Gasteiger partial charge is 0.488 e. The van der Waals surface area contributed by atoms with Crippen LogP contribution in [-0.2, 0) is 28.6 Å². The second-order valence-corrected chi connectivity index (χ2v) is 9.85. The molecule has 0 aliphatic heterocycles. The third-order valence-electron chi connectivity index (χ3n) is 3.49. The van der Waals surface area contributed by atoms with Crippen LogP contribution < -0.4 is 4.74 Å². The molecule has 0 bridgehead atoms. The van der Waals surface area contributed by atoms with Gasteiger partial charge in [-0.05, 0) is 44.5 Å². The van der Waals surface area contributed by atoms with Crippen molar-refractivity contribution in [3.8, 4) is 5.75 Å². The van der Waals surface area contributed by atoms with Gasteiger partial charge in [-0.1, -0.05) is 19.8 Å². The van der Waals surface area contributed by atoms with Gasteiger partial charge in [0.05, 0.1) is 24.4 Å². The van der Waals surface area contributed by atoms with E-state index in [0.717, 1.165) is 19.1 Å². The van der Waals surface area contributed by atoms with Gasteiger partial charge in [0.1, 0.15) is 11.4 Å². The van der Waals surface area contributed by atoms with Crippen LogP contribution in [0.15, 0.2) is 29.2 Å². The highest BCUT2D eigenvalue weighted by Crippen LogP contribution is 2.24. The minimum atomic E-state index is -3.77. The molecule has 0 aromatic heterocycles. The standard InChI is InChI=1S/C17H28O7S2/c1-5-6-7-13-23-26(20,21)16-10-8-15(9-11-16)24-17(2,3)12-14-22-25(4,18)19/h8-11H,5-7,12-14H2,1-4H3. The summed E-state index contributed by atoms with van der Waals surface area (Å²) in [5.41, 5.74) is -0.679. The minimum Gasteiger partial charge on any atom is -0.488 e. The second-order valence-electron chi connectivity index (χ2n) is 6.59. The molecule has 0 heterocycles. The number of rotatable bonds is 12. The fourth-order valence-corrected chi connectivity index (χ4v) is 3.40. The molecule has 9 heteroatoms. The van der Waals surface area contributed by atoms with Crippen LogP contribution in [0.4, 0.5) is 0 Å². The first-order chi connectivity index (χ1) is 12.0. The van der Waals surface area contributed by atoms with Crippen LogP contribution >= 0.6 is 0 Å². The Labute approximate surface area is 156 Å². The quantitative estimate of drug-likeness (QED) is 0.387. The molecule has 0 spiro atoms. The minimum absolute atomic E-state index is 0.00387.